The van der Waals surface area contributed by atoms with Crippen molar-refractivity contribution >= 4 is 17.5 Å². The highest BCUT2D eigenvalue weighted by atomic mass is 19.3. The zero-order chi connectivity index (χ0) is 20.7. The summed E-state index contributed by atoms with van der Waals surface area (Å²) in [5.41, 5.74) is -0.213. The summed E-state index contributed by atoms with van der Waals surface area (Å²) < 4.78 is 29.8. The average molecular weight is 398 g/mol. The molecule has 0 aromatic heterocycles. The molecule has 0 saturated carbocycles. The molecule has 2 rings (SSSR count). The molecule has 1 aliphatic heterocycles. The van der Waals surface area contributed by atoms with E-state index in [9.17, 15) is 18.4 Å². The molecule has 28 heavy (non-hydrogen) atoms. The number of nitrogens with zero attached hydrogens (tertiary/aromatic N) is 1. The van der Waals surface area contributed by atoms with E-state index in [0.29, 0.717) is 38.3 Å². The van der Waals surface area contributed by atoms with Gasteiger partial charge in [-0.15, -0.1) is 0 Å². The summed E-state index contributed by atoms with van der Waals surface area (Å²) in [6.07, 6.45) is 0.705. The second-order valence-electron chi connectivity index (χ2n) is 7.29. The van der Waals surface area contributed by atoms with E-state index in [1.165, 1.54) is 13.0 Å². The summed E-state index contributed by atoms with van der Waals surface area (Å²) in [7, 11) is 0. The van der Waals surface area contributed by atoms with Crippen LogP contribution in [-0.4, -0.2) is 56.2 Å². The molecule has 3 N–H and O–H groups in total. The highest BCUT2D eigenvalue weighted by Gasteiger charge is 2.32. The fraction of sp³-hybridized carbons (Fsp3) is 0.579. The van der Waals surface area contributed by atoms with Gasteiger partial charge >= 0.3 is 6.61 Å². The number of alkyl halides is 2. The summed E-state index contributed by atoms with van der Waals surface area (Å²) in [6, 6.07) is 6.56. The van der Waals surface area contributed by atoms with Crippen LogP contribution in [0, 0.1) is 0 Å². The lowest BCUT2D eigenvalue weighted by atomic mass is 10.0. The van der Waals surface area contributed by atoms with E-state index in [1.54, 1.807) is 32.0 Å². The standard InChI is InChI=1S/C19H28F2N4O3/c1-13(26)22-9-10-23-19(2,3)17(27)24-14-8-11-25(12-14)15-6-4-5-7-16(15)28-18(20)21/h4-7,14,18,23H,8-12H2,1-3H3,(H,22,26)(H,24,27)/t14-/m1/s1. The third-order valence-corrected chi connectivity index (χ3v) is 4.58. The van der Waals surface area contributed by atoms with Gasteiger partial charge < -0.3 is 25.6 Å². The van der Waals surface area contributed by atoms with Gasteiger partial charge in [-0.3, -0.25) is 9.59 Å². The van der Waals surface area contributed by atoms with Crippen molar-refractivity contribution in [2.45, 2.75) is 45.4 Å². The first-order valence-corrected chi connectivity index (χ1v) is 9.28. The minimum Gasteiger partial charge on any atom is -0.433 e. The van der Waals surface area contributed by atoms with E-state index in [-0.39, 0.29) is 23.6 Å². The Labute approximate surface area is 163 Å². The highest BCUT2D eigenvalue weighted by Crippen LogP contribution is 2.31. The molecule has 1 atom stereocenters. The Hall–Kier alpha value is -2.42. The van der Waals surface area contributed by atoms with Crippen molar-refractivity contribution in [2.75, 3.05) is 31.1 Å². The number of ether oxygens (including phenoxy) is 1. The van der Waals surface area contributed by atoms with Crippen molar-refractivity contribution in [3.05, 3.63) is 24.3 Å². The van der Waals surface area contributed by atoms with Gasteiger partial charge in [0.15, 0.2) is 0 Å². The van der Waals surface area contributed by atoms with E-state index in [0.717, 1.165) is 0 Å². The van der Waals surface area contributed by atoms with Crippen LogP contribution in [-0.2, 0) is 9.59 Å². The van der Waals surface area contributed by atoms with Crippen LogP contribution in [0.1, 0.15) is 27.2 Å². The molecule has 1 aromatic carbocycles. The molecular formula is C19H28F2N4O3. The molecule has 156 valence electrons. The monoisotopic (exact) mass is 398 g/mol. The van der Waals surface area contributed by atoms with E-state index in [1.807, 2.05) is 4.90 Å². The molecule has 7 nitrogen and oxygen atoms in total. The lowest BCUT2D eigenvalue weighted by Gasteiger charge is -2.27. The van der Waals surface area contributed by atoms with Crippen molar-refractivity contribution in [1.29, 1.82) is 0 Å². The Bertz CT molecular complexity index is 685. The number of amides is 2. The van der Waals surface area contributed by atoms with Crippen LogP contribution in [0.2, 0.25) is 0 Å². The molecule has 9 heteroatoms. The molecule has 0 bridgehead atoms. The Morgan fingerprint density at radius 1 is 1.29 bits per heavy atom. The zero-order valence-electron chi connectivity index (χ0n) is 16.4. The maximum atomic E-state index is 12.6. The Kier molecular flexibility index (Phi) is 7.56. The number of halogens is 2. The van der Waals surface area contributed by atoms with Crippen LogP contribution in [0.3, 0.4) is 0 Å². The average Bonchev–Trinajstić information content (AvgIpc) is 3.07. The van der Waals surface area contributed by atoms with Crippen LogP contribution < -0.4 is 25.6 Å². The van der Waals surface area contributed by atoms with Crippen molar-refractivity contribution in [2.24, 2.45) is 0 Å². The van der Waals surface area contributed by atoms with Gasteiger partial charge in [0.1, 0.15) is 5.75 Å². The third kappa shape index (κ3) is 6.33. The second-order valence-corrected chi connectivity index (χ2v) is 7.29. The Morgan fingerprint density at radius 2 is 2.00 bits per heavy atom. The van der Waals surface area contributed by atoms with E-state index < -0.39 is 12.2 Å². The lowest BCUT2D eigenvalue weighted by molar-refractivity contribution is -0.127. The Balaban J connectivity index is 1.88. The van der Waals surface area contributed by atoms with Gasteiger partial charge in [0.25, 0.3) is 0 Å². The number of carbonyl (C=O) groups is 2. The first-order valence-electron chi connectivity index (χ1n) is 9.28. The molecule has 1 aromatic rings. The summed E-state index contributed by atoms with van der Waals surface area (Å²) >= 11 is 0. The number of hydrogen-bond acceptors (Lipinski definition) is 5. The van der Waals surface area contributed by atoms with Gasteiger partial charge in [0, 0.05) is 39.1 Å². The van der Waals surface area contributed by atoms with Crippen LogP contribution in [0.15, 0.2) is 24.3 Å². The van der Waals surface area contributed by atoms with Gasteiger partial charge in [-0.05, 0) is 32.4 Å². The number of rotatable bonds is 9. The van der Waals surface area contributed by atoms with Gasteiger partial charge in [-0.1, -0.05) is 12.1 Å². The van der Waals surface area contributed by atoms with Crippen LogP contribution in [0.5, 0.6) is 5.75 Å². The number of hydrogen-bond donors (Lipinski definition) is 3. The van der Waals surface area contributed by atoms with Crippen LogP contribution in [0.4, 0.5) is 14.5 Å². The molecule has 1 aliphatic rings. The predicted molar refractivity (Wildman–Crippen MR) is 103 cm³/mol. The number of benzene rings is 1. The maximum absolute atomic E-state index is 12.6. The topological polar surface area (TPSA) is 82.7 Å². The van der Waals surface area contributed by atoms with Gasteiger partial charge in [0.05, 0.1) is 11.2 Å². The molecule has 2 amide bonds. The molecule has 1 fully saturated rings. The number of anilines is 1. The molecule has 0 unspecified atom stereocenters. The Morgan fingerprint density at radius 3 is 2.68 bits per heavy atom. The number of para-hydroxylation sites is 2. The quantitative estimate of drug-likeness (QED) is 0.549. The molecule has 0 radical (unpaired) electrons. The maximum Gasteiger partial charge on any atom is 0.387 e. The van der Waals surface area contributed by atoms with Crippen LogP contribution >= 0.6 is 0 Å². The van der Waals surface area contributed by atoms with Gasteiger partial charge in [0.2, 0.25) is 11.8 Å². The van der Waals surface area contributed by atoms with Crippen molar-refractivity contribution in [1.82, 2.24) is 16.0 Å². The third-order valence-electron chi connectivity index (χ3n) is 4.58. The van der Waals surface area contributed by atoms with Gasteiger partial charge in [-0.2, -0.15) is 8.78 Å². The summed E-state index contributed by atoms with van der Waals surface area (Å²) in [5, 5.41) is 8.80. The molecule has 1 saturated heterocycles. The summed E-state index contributed by atoms with van der Waals surface area (Å²) in [6.45, 7) is 4.14. The normalized spacial score (nSPS) is 16.9. The minimum absolute atomic E-state index is 0.0940. The predicted octanol–water partition coefficient (Wildman–Crippen LogP) is 1.49. The summed E-state index contributed by atoms with van der Waals surface area (Å²) in [5.74, 6) is -0.144. The largest absolute Gasteiger partial charge is 0.433 e. The number of nitrogens with one attached hydrogen (secondary N) is 3. The molecule has 1 heterocycles. The van der Waals surface area contributed by atoms with E-state index >= 15 is 0 Å². The first-order chi connectivity index (χ1) is 13.2. The molecule has 0 aliphatic carbocycles. The first kappa shape index (κ1) is 21.9. The fourth-order valence-corrected chi connectivity index (χ4v) is 3.07. The molecule has 0 spiro atoms. The second kappa shape index (κ2) is 9.68. The smallest absolute Gasteiger partial charge is 0.387 e. The zero-order valence-corrected chi connectivity index (χ0v) is 16.4. The molecular weight excluding hydrogens is 370 g/mol. The van der Waals surface area contributed by atoms with Crippen molar-refractivity contribution in [3.63, 3.8) is 0 Å². The fourth-order valence-electron chi connectivity index (χ4n) is 3.07. The van der Waals surface area contributed by atoms with Gasteiger partial charge in [-0.25, -0.2) is 0 Å². The lowest BCUT2D eigenvalue weighted by Crippen LogP contribution is -2.56. The van der Waals surface area contributed by atoms with Crippen molar-refractivity contribution in [3.8, 4) is 5.75 Å². The minimum atomic E-state index is -2.89. The highest BCUT2D eigenvalue weighted by molar-refractivity contribution is 5.85. The van der Waals surface area contributed by atoms with E-state index in [2.05, 4.69) is 20.7 Å². The summed E-state index contributed by atoms with van der Waals surface area (Å²) in [4.78, 5) is 25.4. The van der Waals surface area contributed by atoms with E-state index in [4.69, 9.17) is 0 Å². The van der Waals surface area contributed by atoms with Crippen molar-refractivity contribution < 1.29 is 23.1 Å². The number of carbonyl (C=O) groups excluding carboxylic acids is 2. The SMILES string of the molecule is CC(=O)NCCNC(C)(C)C(=O)N[C@@H]1CCN(c2ccccc2OC(F)F)C1. The van der Waals surface area contributed by atoms with Crippen LogP contribution in [0.25, 0.3) is 0 Å².